The van der Waals surface area contributed by atoms with Crippen LogP contribution >= 0.6 is 11.8 Å². The third-order valence-electron chi connectivity index (χ3n) is 3.43. The van der Waals surface area contributed by atoms with Crippen LogP contribution in [-0.2, 0) is 9.53 Å². The first kappa shape index (κ1) is 14.5. The van der Waals surface area contributed by atoms with Gasteiger partial charge in [-0.15, -0.1) is 11.8 Å². The molecule has 0 bridgehead atoms. The monoisotopic (exact) mass is 309 g/mol. The molecular weight excluding hydrogens is 290 g/mol. The quantitative estimate of drug-likeness (QED) is 0.841. The molecule has 5 nitrogen and oxygen atoms in total. The average Bonchev–Trinajstić information content (AvgIpc) is 3.04. The van der Waals surface area contributed by atoms with Crippen LogP contribution < -0.4 is 14.8 Å². The summed E-state index contributed by atoms with van der Waals surface area (Å²) in [7, 11) is 0. The fourth-order valence-electron chi connectivity index (χ4n) is 2.35. The van der Waals surface area contributed by atoms with Crippen molar-refractivity contribution in [3.05, 3.63) is 18.2 Å². The van der Waals surface area contributed by atoms with Crippen LogP contribution in [-0.4, -0.2) is 44.1 Å². The zero-order chi connectivity index (χ0) is 14.5. The maximum absolute atomic E-state index is 11.8. The first-order valence-corrected chi connectivity index (χ1v) is 8.20. The van der Waals surface area contributed by atoms with E-state index < -0.39 is 0 Å². The average molecular weight is 309 g/mol. The van der Waals surface area contributed by atoms with Crippen LogP contribution in [0.25, 0.3) is 0 Å². The van der Waals surface area contributed by atoms with Crippen LogP contribution in [0.1, 0.15) is 12.8 Å². The number of fused-ring (bicyclic) bond motifs is 1. The van der Waals surface area contributed by atoms with E-state index in [-0.39, 0.29) is 12.0 Å². The molecule has 0 aromatic heterocycles. The van der Waals surface area contributed by atoms with Crippen molar-refractivity contribution < 1.29 is 19.0 Å². The summed E-state index contributed by atoms with van der Waals surface area (Å²) in [6.45, 7) is 2.58. The van der Waals surface area contributed by atoms with E-state index in [1.165, 1.54) is 11.8 Å². The highest BCUT2D eigenvalue weighted by Crippen LogP contribution is 2.34. The molecule has 2 aliphatic rings. The first-order chi connectivity index (χ1) is 10.3. The number of hydrogen-bond acceptors (Lipinski definition) is 5. The first-order valence-electron chi connectivity index (χ1n) is 7.22. The molecule has 1 saturated heterocycles. The van der Waals surface area contributed by atoms with Crippen molar-refractivity contribution in [2.45, 2.75) is 23.8 Å². The van der Waals surface area contributed by atoms with Crippen molar-refractivity contribution in [3.8, 4) is 11.5 Å². The smallest absolute Gasteiger partial charge is 0.230 e. The van der Waals surface area contributed by atoms with Crippen molar-refractivity contribution >= 4 is 17.7 Å². The Morgan fingerprint density at radius 2 is 2.10 bits per heavy atom. The summed E-state index contributed by atoms with van der Waals surface area (Å²) in [5.41, 5.74) is 0. The predicted octanol–water partition coefficient (Wildman–Crippen LogP) is 1.85. The SMILES string of the molecule is O=C(CSc1ccc2c(c1)OCCO2)NC[C@@H]1CCCO1. The fourth-order valence-corrected chi connectivity index (χ4v) is 3.10. The number of ether oxygens (including phenoxy) is 3. The van der Waals surface area contributed by atoms with E-state index >= 15 is 0 Å². The molecule has 0 unspecified atom stereocenters. The van der Waals surface area contributed by atoms with Crippen molar-refractivity contribution in [2.75, 3.05) is 32.1 Å². The lowest BCUT2D eigenvalue weighted by molar-refractivity contribution is -0.119. The number of carbonyl (C=O) groups is 1. The molecule has 2 aliphatic heterocycles. The molecule has 3 rings (SSSR count). The third kappa shape index (κ3) is 4.04. The second-order valence-electron chi connectivity index (χ2n) is 5.03. The molecule has 21 heavy (non-hydrogen) atoms. The van der Waals surface area contributed by atoms with Crippen molar-refractivity contribution in [1.82, 2.24) is 5.32 Å². The minimum absolute atomic E-state index is 0.0328. The third-order valence-corrected chi connectivity index (χ3v) is 4.43. The number of carbonyl (C=O) groups excluding carboxylic acids is 1. The number of nitrogens with one attached hydrogen (secondary N) is 1. The topological polar surface area (TPSA) is 56.8 Å². The van der Waals surface area contributed by atoms with Gasteiger partial charge < -0.3 is 19.5 Å². The van der Waals surface area contributed by atoms with Gasteiger partial charge in [0.15, 0.2) is 11.5 Å². The highest BCUT2D eigenvalue weighted by atomic mass is 32.2. The molecule has 1 N–H and O–H groups in total. The molecule has 114 valence electrons. The Morgan fingerprint density at radius 3 is 2.90 bits per heavy atom. The Kier molecular flexibility index (Phi) is 4.87. The standard InChI is InChI=1S/C15H19NO4S/c17-15(16-9-11-2-1-5-18-11)10-21-12-3-4-13-14(8-12)20-7-6-19-13/h3-4,8,11H,1-2,5-7,9-10H2,(H,16,17)/t11-/m0/s1. The van der Waals surface area contributed by atoms with Crippen LogP contribution in [0.4, 0.5) is 0 Å². The van der Waals surface area contributed by atoms with Crippen LogP contribution in [0.2, 0.25) is 0 Å². The van der Waals surface area contributed by atoms with Crippen molar-refractivity contribution in [1.29, 1.82) is 0 Å². The summed E-state index contributed by atoms with van der Waals surface area (Å²) < 4.78 is 16.5. The Bertz CT molecular complexity index is 502. The molecule has 2 heterocycles. The molecular formula is C15H19NO4S. The van der Waals surface area contributed by atoms with Gasteiger partial charge in [-0.05, 0) is 31.0 Å². The summed E-state index contributed by atoms with van der Waals surface area (Å²) in [4.78, 5) is 12.8. The maximum atomic E-state index is 11.8. The highest BCUT2D eigenvalue weighted by molar-refractivity contribution is 8.00. The lowest BCUT2D eigenvalue weighted by Gasteiger charge is -2.18. The van der Waals surface area contributed by atoms with E-state index in [2.05, 4.69) is 5.32 Å². The molecule has 0 aliphatic carbocycles. The van der Waals surface area contributed by atoms with E-state index in [1.54, 1.807) is 0 Å². The largest absolute Gasteiger partial charge is 0.486 e. The number of hydrogen-bond donors (Lipinski definition) is 1. The highest BCUT2D eigenvalue weighted by Gasteiger charge is 2.16. The van der Waals surface area contributed by atoms with Crippen LogP contribution in [0.15, 0.2) is 23.1 Å². The molecule has 1 fully saturated rings. The molecule has 0 radical (unpaired) electrons. The van der Waals surface area contributed by atoms with Gasteiger partial charge in [-0.3, -0.25) is 4.79 Å². The molecule has 1 amide bonds. The van der Waals surface area contributed by atoms with E-state index in [0.29, 0.717) is 25.5 Å². The summed E-state index contributed by atoms with van der Waals surface area (Å²) in [6, 6.07) is 5.76. The Labute approximate surface area is 128 Å². The molecule has 6 heteroatoms. The van der Waals surface area contributed by atoms with Gasteiger partial charge in [-0.1, -0.05) is 0 Å². The van der Waals surface area contributed by atoms with Crippen molar-refractivity contribution in [3.63, 3.8) is 0 Å². The van der Waals surface area contributed by atoms with Gasteiger partial charge in [0.05, 0.1) is 11.9 Å². The maximum Gasteiger partial charge on any atom is 0.230 e. The van der Waals surface area contributed by atoms with E-state index in [4.69, 9.17) is 14.2 Å². The van der Waals surface area contributed by atoms with Crippen molar-refractivity contribution in [2.24, 2.45) is 0 Å². The summed E-state index contributed by atoms with van der Waals surface area (Å²) >= 11 is 1.50. The van der Waals surface area contributed by atoms with Gasteiger partial charge in [-0.2, -0.15) is 0 Å². The van der Waals surface area contributed by atoms with Gasteiger partial charge in [-0.25, -0.2) is 0 Å². The van der Waals surface area contributed by atoms with Gasteiger partial charge >= 0.3 is 0 Å². The van der Waals surface area contributed by atoms with E-state index in [0.717, 1.165) is 35.8 Å². The van der Waals surface area contributed by atoms with Crippen LogP contribution in [0, 0.1) is 0 Å². The van der Waals surface area contributed by atoms with E-state index in [9.17, 15) is 4.79 Å². The minimum Gasteiger partial charge on any atom is -0.486 e. The number of amides is 1. The van der Waals surface area contributed by atoms with Gasteiger partial charge in [0, 0.05) is 18.0 Å². The normalized spacial score (nSPS) is 20.3. The summed E-state index contributed by atoms with van der Waals surface area (Å²) in [5.74, 6) is 1.96. The summed E-state index contributed by atoms with van der Waals surface area (Å²) in [6.07, 6.45) is 2.32. The predicted molar refractivity (Wildman–Crippen MR) is 80.1 cm³/mol. The zero-order valence-electron chi connectivity index (χ0n) is 11.8. The Hall–Kier alpha value is -1.40. The lowest BCUT2D eigenvalue weighted by Crippen LogP contribution is -2.32. The zero-order valence-corrected chi connectivity index (χ0v) is 12.6. The minimum atomic E-state index is 0.0328. The Morgan fingerprint density at radius 1 is 1.24 bits per heavy atom. The molecule has 1 atom stereocenters. The second kappa shape index (κ2) is 7.04. The molecule has 1 aromatic rings. The number of rotatable bonds is 5. The molecule has 1 aromatic carbocycles. The summed E-state index contributed by atoms with van der Waals surface area (Å²) in [5, 5.41) is 2.92. The Balaban J connectivity index is 1.44. The van der Waals surface area contributed by atoms with Crippen LogP contribution in [0.3, 0.4) is 0 Å². The van der Waals surface area contributed by atoms with Gasteiger partial charge in [0.2, 0.25) is 5.91 Å². The van der Waals surface area contributed by atoms with Gasteiger partial charge in [0.25, 0.3) is 0 Å². The number of thioether (sulfide) groups is 1. The van der Waals surface area contributed by atoms with Gasteiger partial charge in [0.1, 0.15) is 13.2 Å². The van der Waals surface area contributed by atoms with Crippen LogP contribution in [0.5, 0.6) is 11.5 Å². The fraction of sp³-hybridized carbons (Fsp3) is 0.533. The lowest BCUT2D eigenvalue weighted by atomic mass is 10.2. The van der Waals surface area contributed by atoms with E-state index in [1.807, 2.05) is 18.2 Å². The molecule has 0 spiro atoms. The molecule has 0 saturated carbocycles. The number of benzene rings is 1. The second-order valence-corrected chi connectivity index (χ2v) is 6.08.